The van der Waals surface area contributed by atoms with E-state index in [0.717, 1.165) is 0 Å². The van der Waals surface area contributed by atoms with Crippen LogP contribution in [-0.4, -0.2) is 56.3 Å². The van der Waals surface area contributed by atoms with Crippen molar-refractivity contribution in [2.75, 3.05) is 14.2 Å². The molecule has 1 atom stereocenters. The third kappa shape index (κ3) is 5.88. The third-order valence-electron chi connectivity index (χ3n) is 5.46. The van der Waals surface area contributed by atoms with E-state index in [1.807, 2.05) is 0 Å². The Hall–Kier alpha value is -3.17. The number of hydrogen-bond acceptors (Lipinski definition) is 8. The van der Waals surface area contributed by atoms with Crippen LogP contribution in [0.1, 0.15) is 11.1 Å². The fourth-order valence-corrected chi connectivity index (χ4v) is 6.92. The fraction of sp³-hybridized carbons (Fsp3) is 0.174. The summed E-state index contributed by atoms with van der Waals surface area (Å²) < 4.78 is 62.9. The van der Waals surface area contributed by atoms with Gasteiger partial charge in [0.15, 0.2) is 11.1 Å². The van der Waals surface area contributed by atoms with Crippen molar-refractivity contribution in [1.82, 2.24) is 24.9 Å². The molecule has 0 aliphatic carbocycles. The van der Waals surface area contributed by atoms with Crippen molar-refractivity contribution in [2.24, 2.45) is 0 Å². The normalized spacial score (nSPS) is 12.5. The van der Waals surface area contributed by atoms with Crippen molar-refractivity contribution in [3.63, 3.8) is 0 Å². The molecule has 0 bridgehead atoms. The molecule has 0 aliphatic heterocycles. The summed E-state index contributed by atoms with van der Waals surface area (Å²) in [5.74, 6) is 1.20. The summed E-state index contributed by atoms with van der Waals surface area (Å²) in [6, 6.07) is 16.7. The number of hydrogen-bond donors (Lipinski definition) is 2. The second-order valence-corrected chi connectivity index (χ2v) is 11.4. The number of aromatic nitrogens is 4. The Kier molecular flexibility index (Phi) is 8.34. The maximum absolute atomic E-state index is 14.3. The lowest BCUT2D eigenvalue weighted by atomic mass is 10.2. The number of halogens is 1. The van der Waals surface area contributed by atoms with Crippen LogP contribution in [0.5, 0.6) is 11.5 Å². The van der Waals surface area contributed by atoms with Gasteiger partial charge in [-0.15, -0.1) is 10.2 Å². The lowest BCUT2D eigenvalue weighted by molar-refractivity contribution is 0.396. The summed E-state index contributed by atoms with van der Waals surface area (Å²) in [4.78, 5) is -0.705. The van der Waals surface area contributed by atoms with Gasteiger partial charge in [0.2, 0.25) is 15.8 Å². The van der Waals surface area contributed by atoms with E-state index < -0.39 is 26.0 Å². The van der Waals surface area contributed by atoms with Crippen LogP contribution in [0.4, 0.5) is 0 Å². The van der Waals surface area contributed by atoms with Crippen LogP contribution in [0.2, 0.25) is 0 Å². The molecule has 4 aromatic rings. The number of rotatable bonds is 10. The molecule has 0 radical (unpaired) electrons. The van der Waals surface area contributed by atoms with Crippen LogP contribution in [0, 0.1) is 0 Å². The van der Waals surface area contributed by atoms with E-state index in [4.69, 9.17) is 9.47 Å². The maximum atomic E-state index is 14.3. The molecule has 1 unspecified atom stereocenters. The van der Waals surface area contributed by atoms with E-state index in [1.54, 1.807) is 62.8 Å². The minimum absolute atomic E-state index is 0.0168. The Balaban J connectivity index is 1.88. The van der Waals surface area contributed by atoms with Crippen LogP contribution in [0.15, 0.2) is 74.9 Å². The lowest BCUT2D eigenvalue weighted by Crippen LogP contribution is -2.31. The molecule has 4 rings (SSSR count). The smallest absolute Gasteiger partial charge is 0.245 e. The molecular weight excluding hydrogens is 586 g/mol. The molecule has 11 nitrogen and oxygen atoms in total. The second-order valence-electron chi connectivity index (χ2n) is 7.70. The van der Waals surface area contributed by atoms with E-state index >= 15 is 0 Å². The molecular formula is C23H22BrN5O6S2. The quantitative estimate of drug-likeness (QED) is 0.258. The first-order valence-corrected chi connectivity index (χ1v) is 14.0. The number of sulfonamides is 1. The van der Waals surface area contributed by atoms with E-state index in [2.05, 4.69) is 36.6 Å². The van der Waals surface area contributed by atoms with Crippen molar-refractivity contribution >= 4 is 37.0 Å². The highest BCUT2D eigenvalue weighted by Crippen LogP contribution is 2.38. The summed E-state index contributed by atoms with van der Waals surface area (Å²) in [5, 5.41) is 13.7. The number of benzene rings is 3. The van der Waals surface area contributed by atoms with Crippen molar-refractivity contribution in [3.05, 3.63) is 76.3 Å². The zero-order chi connectivity index (χ0) is 26.6. The van der Waals surface area contributed by atoms with Crippen LogP contribution in [0.3, 0.4) is 0 Å². The van der Waals surface area contributed by atoms with E-state index in [0.29, 0.717) is 27.1 Å². The minimum Gasteiger partial charge on any atom is -0.497 e. The molecule has 3 aromatic carbocycles. The van der Waals surface area contributed by atoms with Gasteiger partial charge >= 0.3 is 0 Å². The van der Waals surface area contributed by atoms with Gasteiger partial charge in [-0.2, -0.15) is 9.52 Å². The van der Waals surface area contributed by atoms with Gasteiger partial charge in [-0.25, -0.2) is 12.6 Å². The van der Waals surface area contributed by atoms with Gasteiger partial charge in [0.05, 0.1) is 24.7 Å². The van der Waals surface area contributed by atoms with Gasteiger partial charge in [-0.05, 0) is 68.7 Å². The Morgan fingerprint density at radius 2 is 1.49 bits per heavy atom. The number of nitrogens with zero attached hydrogens (tertiary/aromatic N) is 4. The average Bonchev–Trinajstić information content (AvgIpc) is 3.43. The Labute approximate surface area is 224 Å². The summed E-state index contributed by atoms with van der Waals surface area (Å²) >= 11 is 0.715. The molecule has 0 spiro atoms. The average molecular weight is 608 g/mol. The van der Waals surface area contributed by atoms with Crippen molar-refractivity contribution in [3.8, 4) is 22.9 Å². The highest BCUT2D eigenvalue weighted by Gasteiger charge is 2.34. The highest BCUT2D eigenvalue weighted by molar-refractivity contribution is 9.10. The molecule has 0 saturated carbocycles. The number of aromatic amines is 1. The molecule has 194 valence electrons. The molecule has 2 N–H and O–H groups in total. The second kappa shape index (κ2) is 11.5. The van der Waals surface area contributed by atoms with Crippen molar-refractivity contribution in [1.29, 1.82) is 0 Å². The Morgan fingerprint density at radius 3 is 1.92 bits per heavy atom. The van der Waals surface area contributed by atoms with Crippen molar-refractivity contribution < 1.29 is 26.7 Å². The summed E-state index contributed by atoms with van der Waals surface area (Å²) in [7, 11) is -1.34. The molecule has 0 fully saturated rings. The monoisotopic (exact) mass is 607 g/mol. The molecule has 1 heterocycles. The molecule has 0 aliphatic rings. The predicted octanol–water partition coefficient (Wildman–Crippen LogP) is 3.62. The van der Waals surface area contributed by atoms with Crippen LogP contribution in [0.25, 0.3) is 11.4 Å². The molecule has 37 heavy (non-hydrogen) atoms. The van der Waals surface area contributed by atoms with Crippen LogP contribution in [-0.2, 0) is 34.2 Å². The fourth-order valence-electron chi connectivity index (χ4n) is 3.63. The zero-order valence-corrected chi connectivity index (χ0v) is 22.9. The standard InChI is InChI=1S/C23H22BrN5O6S2/c1-34-17-7-3-15(4-8-17)13-29(14-16-5-9-18(35-2)10-6-16)37(32,33)22-20(36(30)31)12-11-19(24)21(22)23-25-27-28-26-23/h3-12H,13-14H2,1-2H3,(H,30,31)(H,25,26,27,28). The van der Waals surface area contributed by atoms with Gasteiger partial charge in [0.1, 0.15) is 16.4 Å². The Morgan fingerprint density at radius 1 is 0.946 bits per heavy atom. The van der Waals surface area contributed by atoms with Gasteiger partial charge in [0, 0.05) is 17.6 Å². The van der Waals surface area contributed by atoms with Crippen LogP contribution >= 0.6 is 15.9 Å². The van der Waals surface area contributed by atoms with E-state index in [-0.39, 0.29) is 29.4 Å². The SMILES string of the molecule is COc1ccc(CN(Cc2ccc(OC)cc2)S(=O)(=O)c2c(S(=O)O)ccc(Br)c2-c2nn[nH]n2)cc1. The first-order chi connectivity index (χ1) is 17.7. The summed E-state index contributed by atoms with van der Waals surface area (Å²) in [5.41, 5.74) is 1.38. The molecule has 0 amide bonds. The number of tetrazole rings is 1. The summed E-state index contributed by atoms with van der Waals surface area (Å²) in [6.07, 6.45) is 0. The molecule has 0 saturated heterocycles. The number of H-pyrrole nitrogens is 1. The molecule has 14 heteroatoms. The first kappa shape index (κ1) is 26.9. The van der Waals surface area contributed by atoms with Gasteiger partial charge in [0.25, 0.3) is 0 Å². The maximum Gasteiger partial charge on any atom is 0.245 e. The summed E-state index contributed by atoms with van der Waals surface area (Å²) in [6.45, 7) is -0.0673. The van der Waals surface area contributed by atoms with E-state index in [1.165, 1.54) is 16.4 Å². The largest absolute Gasteiger partial charge is 0.497 e. The topological polar surface area (TPSA) is 148 Å². The lowest BCUT2D eigenvalue weighted by Gasteiger charge is -2.25. The van der Waals surface area contributed by atoms with E-state index in [9.17, 15) is 17.2 Å². The van der Waals surface area contributed by atoms with Gasteiger partial charge < -0.3 is 14.0 Å². The highest BCUT2D eigenvalue weighted by atomic mass is 79.9. The first-order valence-electron chi connectivity index (χ1n) is 10.7. The zero-order valence-electron chi connectivity index (χ0n) is 19.7. The number of nitrogens with one attached hydrogen (secondary N) is 1. The van der Waals surface area contributed by atoms with Gasteiger partial charge in [-0.3, -0.25) is 0 Å². The number of methoxy groups -OCH3 is 2. The molecule has 1 aromatic heterocycles. The van der Waals surface area contributed by atoms with Crippen LogP contribution < -0.4 is 9.47 Å². The third-order valence-corrected chi connectivity index (χ3v) is 8.85. The predicted molar refractivity (Wildman–Crippen MR) is 139 cm³/mol. The van der Waals surface area contributed by atoms with Gasteiger partial charge in [-0.1, -0.05) is 24.3 Å². The minimum atomic E-state index is -4.42. The van der Waals surface area contributed by atoms with Crippen molar-refractivity contribution in [2.45, 2.75) is 22.9 Å². The number of ether oxygens (including phenoxy) is 2. The Bertz CT molecular complexity index is 1450.